The fraction of sp³-hybridized carbons (Fsp3) is 0. The average molecular weight is 323 g/mol. The van der Waals surface area contributed by atoms with E-state index in [1.807, 2.05) is 0 Å². The normalized spacial score (nSPS) is 13.0. The number of carbonyl (C=O) groups excluding carboxylic acids is 2. The summed E-state index contributed by atoms with van der Waals surface area (Å²) in [6.45, 7) is 0. The van der Waals surface area contributed by atoms with E-state index in [4.69, 9.17) is 10.2 Å². The van der Waals surface area contributed by atoms with Gasteiger partial charge in [-0.05, 0) is 24.3 Å². The van der Waals surface area contributed by atoms with Gasteiger partial charge in [0, 0.05) is 11.6 Å². The Kier molecular flexibility index (Phi) is 2.82. The summed E-state index contributed by atoms with van der Waals surface area (Å²) in [4.78, 5) is 35.8. The van der Waals surface area contributed by atoms with Crippen LogP contribution in [0.5, 0.6) is 0 Å². The molecule has 1 aliphatic heterocycles. The van der Waals surface area contributed by atoms with E-state index in [9.17, 15) is 14.4 Å². The highest BCUT2D eigenvalue weighted by molar-refractivity contribution is 6.23. The number of pyridine rings is 1. The molecule has 2 amide bonds. The highest BCUT2D eigenvalue weighted by Crippen LogP contribution is 2.24. The van der Waals surface area contributed by atoms with Gasteiger partial charge in [-0.1, -0.05) is 0 Å². The Hall–Kier alpha value is -3.75. The van der Waals surface area contributed by atoms with Gasteiger partial charge >= 0.3 is 0 Å². The van der Waals surface area contributed by atoms with Gasteiger partial charge in [0.05, 0.1) is 16.8 Å². The molecule has 3 aromatic rings. The monoisotopic (exact) mass is 323 g/mol. The highest BCUT2D eigenvalue weighted by atomic mass is 16.4. The summed E-state index contributed by atoms with van der Waals surface area (Å²) < 4.78 is 6.25. The molecule has 0 fully saturated rings. The SMILES string of the molecule is Nc1c2c(cc(=O)n1-c1ccc(-c3nnco3)cc1)C(=O)NC2=O. The van der Waals surface area contributed by atoms with Crippen molar-refractivity contribution in [3.8, 4) is 17.1 Å². The van der Waals surface area contributed by atoms with E-state index < -0.39 is 17.4 Å². The van der Waals surface area contributed by atoms with Crippen molar-refractivity contribution in [1.82, 2.24) is 20.1 Å². The molecule has 118 valence electrons. The Morgan fingerprint density at radius 2 is 1.83 bits per heavy atom. The fourth-order valence-electron chi connectivity index (χ4n) is 2.60. The summed E-state index contributed by atoms with van der Waals surface area (Å²) >= 11 is 0. The van der Waals surface area contributed by atoms with E-state index >= 15 is 0 Å². The van der Waals surface area contributed by atoms with Crippen LogP contribution in [-0.4, -0.2) is 26.6 Å². The van der Waals surface area contributed by atoms with Crippen molar-refractivity contribution in [3.05, 3.63) is 58.2 Å². The number of rotatable bonds is 2. The zero-order chi connectivity index (χ0) is 16.8. The van der Waals surface area contributed by atoms with Gasteiger partial charge in [-0.25, -0.2) is 0 Å². The summed E-state index contributed by atoms with van der Waals surface area (Å²) in [5, 5.41) is 9.50. The van der Waals surface area contributed by atoms with Crippen LogP contribution in [0, 0.1) is 0 Å². The first-order chi connectivity index (χ1) is 11.6. The van der Waals surface area contributed by atoms with E-state index in [1.54, 1.807) is 24.3 Å². The fourth-order valence-corrected chi connectivity index (χ4v) is 2.60. The zero-order valence-corrected chi connectivity index (χ0v) is 12.0. The molecular weight excluding hydrogens is 314 g/mol. The third-order valence-electron chi connectivity index (χ3n) is 3.69. The summed E-state index contributed by atoms with van der Waals surface area (Å²) in [6.07, 6.45) is 1.21. The average Bonchev–Trinajstić information content (AvgIpc) is 3.17. The first-order valence-corrected chi connectivity index (χ1v) is 6.84. The molecule has 0 radical (unpaired) electrons. The third-order valence-corrected chi connectivity index (χ3v) is 3.69. The number of imide groups is 1. The van der Waals surface area contributed by atoms with Crippen molar-refractivity contribution in [2.45, 2.75) is 0 Å². The number of nitrogens with one attached hydrogen (secondary N) is 1. The van der Waals surface area contributed by atoms with Gasteiger partial charge in [-0.3, -0.25) is 24.3 Å². The molecule has 0 aliphatic carbocycles. The van der Waals surface area contributed by atoms with Crippen LogP contribution in [-0.2, 0) is 0 Å². The van der Waals surface area contributed by atoms with Crippen LogP contribution in [0.4, 0.5) is 5.82 Å². The Bertz CT molecular complexity index is 1030. The number of aromatic nitrogens is 3. The van der Waals surface area contributed by atoms with Crippen LogP contribution in [0.3, 0.4) is 0 Å². The lowest BCUT2D eigenvalue weighted by molar-refractivity contribution is 0.0880. The van der Waals surface area contributed by atoms with Crippen molar-refractivity contribution in [3.63, 3.8) is 0 Å². The van der Waals surface area contributed by atoms with Crippen molar-refractivity contribution in [1.29, 1.82) is 0 Å². The smallest absolute Gasteiger partial charge is 0.262 e. The molecule has 9 heteroatoms. The van der Waals surface area contributed by atoms with Crippen LogP contribution < -0.4 is 16.6 Å². The first kappa shape index (κ1) is 13.9. The van der Waals surface area contributed by atoms with Crippen molar-refractivity contribution >= 4 is 17.6 Å². The quantitative estimate of drug-likeness (QED) is 0.650. The van der Waals surface area contributed by atoms with Gasteiger partial charge in [-0.15, -0.1) is 10.2 Å². The maximum absolute atomic E-state index is 12.3. The van der Waals surface area contributed by atoms with Gasteiger partial charge in [-0.2, -0.15) is 0 Å². The summed E-state index contributed by atoms with van der Waals surface area (Å²) in [6, 6.07) is 7.69. The molecule has 4 rings (SSSR count). The molecule has 3 N–H and O–H groups in total. The molecule has 0 saturated carbocycles. The molecule has 9 nitrogen and oxygen atoms in total. The number of carbonyl (C=O) groups is 2. The number of fused-ring (bicyclic) bond motifs is 1. The Balaban J connectivity index is 1.86. The van der Waals surface area contributed by atoms with Crippen LogP contribution >= 0.6 is 0 Å². The van der Waals surface area contributed by atoms with Crippen molar-refractivity contribution in [2.75, 3.05) is 5.73 Å². The zero-order valence-electron chi connectivity index (χ0n) is 12.0. The molecule has 0 unspecified atom stereocenters. The van der Waals surface area contributed by atoms with Gasteiger partial charge in [0.25, 0.3) is 17.4 Å². The second kappa shape index (κ2) is 4.88. The van der Waals surface area contributed by atoms with Crippen LogP contribution in [0.2, 0.25) is 0 Å². The molecule has 3 heterocycles. The largest absolute Gasteiger partial charge is 0.423 e. The van der Waals surface area contributed by atoms with Crippen LogP contribution in [0.25, 0.3) is 17.1 Å². The minimum atomic E-state index is -0.627. The Labute approximate surface area is 133 Å². The van der Waals surface area contributed by atoms with Crippen LogP contribution in [0.1, 0.15) is 20.7 Å². The lowest BCUT2D eigenvalue weighted by Gasteiger charge is -2.12. The highest BCUT2D eigenvalue weighted by Gasteiger charge is 2.31. The molecule has 1 aromatic carbocycles. The maximum atomic E-state index is 12.3. The summed E-state index contributed by atoms with van der Waals surface area (Å²) in [5.41, 5.74) is 6.54. The van der Waals surface area contributed by atoms with E-state index in [2.05, 4.69) is 15.5 Å². The number of anilines is 1. The standard InChI is InChI=1S/C15H9N5O4/c16-12-11-9(13(22)18-14(11)23)5-10(21)20(12)8-3-1-7(2-4-8)15-19-17-6-24-15/h1-6H,16H2,(H,18,22,23). The summed E-state index contributed by atoms with van der Waals surface area (Å²) in [7, 11) is 0. The number of hydrogen-bond donors (Lipinski definition) is 2. The topological polar surface area (TPSA) is 133 Å². The molecule has 0 spiro atoms. The predicted molar refractivity (Wildman–Crippen MR) is 81.5 cm³/mol. The van der Waals surface area contributed by atoms with E-state index in [1.165, 1.54) is 6.39 Å². The number of hydrogen-bond acceptors (Lipinski definition) is 7. The second-order valence-corrected chi connectivity index (χ2v) is 5.07. The molecular formula is C15H9N5O4. The van der Waals surface area contributed by atoms with E-state index in [-0.39, 0.29) is 16.9 Å². The van der Waals surface area contributed by atoms with Gasteiger partial charge in [0.2, 0.25) is 12.3 Å². The second-order valence-electron chi connectivity index (χ2n) is 5.07. The number of benzene rings is 1. The predicted octanol–water partition coefficient (Wildman–Crippen LogP) is 0.353. The summed E-state index contributed by atoms with van der Waals surface area (Å²) in [5.74, 6) is -1.01. The lowest BCUT2D eigenvalue weighted by Crippen LogP contribution is -2.24. The van der Waals surface area contributed by atoms with Gasteiger partial charge in [0.1, 0.15) is 5.82 Å². The van der Waals surface area contributed by atoms with Crippen LogP contribution in [0.15, 0.2) is 45.9 Å². The molecule has 24 heavy (non-hydrogen) atoms. The molecule has 0 bridgehead atoms. The molecule has 2 aromatic heterocycles. The number of amides is 2. The minimum absolute atomic E-state index is 0.000535. The maximum Gasteiger partial charge on any atom is 0.262 e. The Morgan fingerprint density at radius 3 is 2.50 bits per heavy atom. The van der Waals surface area contributed by atoms with E-state index in [0.717, 1.165) is 10.6 Å². The first-order valence-electron chi connectivity index (χ1n) is 6.84. The molecule has 0 atom stereocenters. The van der Waals surface area contributed by atoms with E-state index in [0.29, 0.717) is 17.1 Å². The van der Waals surface area contributed by atoms with Gasteiger partial charge < -0.3 is 10.2 Å². The van der Waals surface area contributed by atoms with Gasteiger partial charge in [0.15, 0.2) is 0 Å². The number of nitrogens with two attached hydrogens (primary N) is 1. The van der Waals surface area contributed by atoms with Crippen molar-refractivity contribution in [2.24, 2.45) is 0 Å². The molecule has 0 saturated heterocycles. The Morgan fingerprint density at radius 1 is 1.08 bits per heavy atom. The minimum Gasteiger partial charge on any atom is -0.423 e. The van der Waals surface area contributed by atoms with Crippen molar-refractivity contribution < 1.29 is 14.0 Å². The third kappa shape index (κ3) is 1.92. The molecule has 1 aliphatic rings. The number of nitrogen functional groups attached to an aromatic ring is 1. The lowest BCUT2D eigenvalue weighted by atomic mass is 10.1. The number of nitrogens with zero attached hydrogens (tertiary/aromatic N) is 3.